The SMILES string of the molecule is CN1C(=O)N(CC2COC2)C2(CC3(CCC(n4c(=O)c(C(=N)N)c(O)n(CC5CCC5(C)C)c4=O)CC3)C2)C1=O. The summed E-state index contributed by atoms with van der Waals surface area (Å²) in [5, 5.41) is 18.8. The molecule has 40 heavy (non-hydrogen) atoms. The number of urea groups is 1. The molecule has 12 heteroatoms. The van der Waals surface area contributed by atoms with Crippen LogP contribution in [0.3, 0.4) is 0 Å². The maximum atomic E-state index is 13.7. The van der Waals surface area contributed by atoms with Gasteiger partial charge in [-0.2, -0.15) is 0 Å². The van der Waals surface area contributed by atoms with Gasteiger partial charge in [0, 0.05) is 32.1 Å². The van der Waals surface area contributed by atoms with Crippen LogP contribution < -0.4 is 17.0 Å². The Morgan fingerprint density at radius 2 is 1.70 bits per heavy atom. The Labute approximate surface area is 232 Å². The molecule has 3 saturated carbocycles. The first kappa shape index (κ1) is 27.0. The van der Waals surface area contributed by atoms with Gasteiger partial charge >= 0.3 is 11.7 Å². The van der Waals surface area contributed by atoms with Gasteiger partial charge in [0.05, 0.1) is 13.2 Å². The van der Waals surface area contributed by atoms with Crippen molar-refractivity contribution in [1.29, 1.82) is 5.41 Å². The van der Waals surface area contributed by atoms with Crippen LogP contribution in [0.1, 0.15) is 76.8 Å². The number of likely N-dealkylation sites (N-methyl/N-ethyl adjacent to an activating group) is 1. The first-order valence-corrected chi connectivity index (χ1v) is 14.4. The van der Waals surface area contributed by atoms with E-state index in [9.17, 15) is 24.3 Å². The summed E-state index contributed by atoms with van der Waals surface area (Å²) in [4.78, 5) is 56.2. The van der Waals surface area contributed by atoms with E-state index in [2.05, 4.69) is 13.8 Å². The lowest BCUT2D eigenvalue weighted by Gasteiger charge is -2.58. The van der Waals surface area contributed by atoms with E-state index in [1.165, 1.54) is 14.0 Å². The molecule has 218 valence electrons. The average molecular weight is 557 g/mol. The summed E-state index contributed by atoms with van der Waals surface area (Å²) in [6.07, 6.45) is 5.63. The number of rotatable bonds is 6. The summed E-state index contributed by atoms with van der Waals surface area (Å²) in [5.41, 5.74) is 3.18. The molecular weight excluding hydrogens is 516 g/mol. The van der Waals surface area contributed by atoms with Gasteiger partial charge in [0.15, 0.2) is 0 Å². The van der Waals surface area contributed by atoms with Crippen LogP contribution in [-0.4, -0.2) is 74.2 Å². The van der Waals surface area contributed by atoms with Crippen molar-refractivity contribution in [3.05, 3.63) is 26.4 Å². The molecule has 0 aromatic carbocycles. The van der Waals surface area contributed by atoms with Gasteiger partial charge in [0.2, 0.25) is 5.88 Å². The third kappa shape index (κ3) is 3.77. The molecule has 4 N–H and O–H groups in total. The highest BCUT2D eigenvalue weighted by Gasteiger charge is 2.68. The normalized spacial score (nSPS) is 33.3. The molecule has 3 aliphatic carbocycles. The Morgan fingerprint density at radius 3 is 2.20 bits per heavy atom. The number of nitrogens with one attached hydrogen (secondary N) is 1. The van der Waals surface area contributed by atoms with Crippen LogP contribution in [0, 0.1) is 28.1 Å². The minimum atomic E-state index is -0.812. The zero-order valence-electron chi connectivity index (χ0n) is 23.6. The van der Waals surface area contributed by atoms with Gasteiger partial charge in [-0.05, 0) is 68.1 Å². The summed E-state index contributed by atoms with van der Waals surface area (Å²) < 4.78 is 7.72. The third-order valence-electron chi connectivity index (χ3n) is 10.9. The number of hydrogen-bond acceptors (Lipinski definition) is 7. The van der Waals surface area contributed by atoms with Gasteiger partial charge in [0.1, 0.15) is 16.9 Å². The molecule has 12 nitrogen and oxygen atoms in total. The van der Waals surface area contributed by atoms with Gasteiger partial charge in [0.25, 0.3) is 11.5 Å². The quantitative estimate of drug-likeness (QED) is 0.272. The molecular formula is C28H40N6O6. The smallest absolute Gasteiger partial charge is 0.334 e. The van der Waals surface area contributed by atoms with E-state index in [1.807, 2.05) is 0 Å². The van der Waals surface area contributed by atoms with E-state index in [0.717, 1.165) is 12.8 Å². The number of hydrogen-bond donors (Lipinski definition) is 3. The van der Waals surface area contributed by atoms with Crippen molar-refractivity contribution in [3.63, 3.8) is 0 Å². The highest BCUT2D eigenvalue weighted by atomic mass is 16.5. The zero-order valence-corrected chi connectivity index (χ0v) is 23.6. The van der Waals surface area contributed by atoms with Crippen LogP contribution in [0.5, 0.6) is 5.88 Å². The molecule has 6 rings (SSSR count). The van der Waals surface area contributed by atoms with Crippen molar-refractivity contribution >= 4 is 17.8 Å². The van der Waals surface area contributed by atoms with E-state index in [4.69, 9.17) is 15.9 Å². The number of nitrogens with zero attached hydrogens (tertiary/aromatic N) is 4. The van der Waals surface area contributed by atoms with Crippen LogP contribution in [-0.2, 0) is 16.1 Å². The topological polar surface area (TPSA) is 164 Å². The van der Waals surface area contributed by atoms with Gasteiger partial charge in [-0.15, -0.1) is 0 Å². The molecule has 0 bridgehead atoms. The number of amides is 3. The minimum Gasteiger partial charge on any atom is -0.494 e. The Morgan fingerprint density at radius 1 is 1.05 bits per heavy atom. The average Bonchev–Trinajstić information content (AvgIpc) is 3.02. The Bertz CT molecular complexity index is 1390. The van der Waals surface area contributed by atoms with E-state index in [1.54, 1.807) is 11.9 Å². The summed E-state index contributed by atoms with van der Waals surface area (Å²) in [6, 6.07) is -0.642. The predicted molar refractivity (Wildman–Crippen MR) is 145 cm³/mol. The highest BCUT2D eigenvalue weighted by Crippen LogP contribution is 2.62. The standard InChI is InChI=1S/C28H40N6O6/c1-26(2)7-4-17(26)11-32-21(35)19(20(29)30)22(36)34(25(32)39)18-5-8-27(9-6-18)14-28(15-27)23(37)31(3)24(38)33(28)10-16-12-40-13-16/h16-18,35H,4-15H2,1-3H3,(H3,29,30). The summed E-state index contributed by atoms with van der Waals surface area (Å²) in [5.74, 6) is -0.816. The van der Waals surface area contributed by atoms with E-state index in [0.29, 0.717) is 58.3 Å². The van der Waals surface area contributed by atoms with Crippen LogP contribution in [0.4, 0.5) is 4.79 Å². The maximum Gasteiger partial charge on any atom is 0.334 e. The number of aromatic nitrogens is 2. The van der Waals surface area contributed by atoms with Crippen LogP contribution in [0.15, 0.2) is 9.59 Å². The number of carbonyl (C=O) groups is 2. The number of nitrogen functional groups attached to an aromatic ring is 1. The lowest BCUT2D eigenvalue weighted by atomic mass is 9.51. The first-order chi connectivity index (χ1) is 18.8. The molecule has 5 fully saturated rings. The third-order valence-corrected chi connectivity index (χ3v) is 10.9. The first-order valence-electron chi connectivity index (χ1n) is 14.4. The lowest BCUT2D eigenvalue weighted by Crippen LogP contribution is -2.65. The number of carbonyl (C=O) groups excluding carboxylic acids is 2. The Hall–Kier alpha value is -3.15. The monoisotopic (exact) mass is 556 g/mol. The molecule has 5 aliphatic rings. The van der Waals surface area contributed by atoms with E-state index < -0.39 is 34.5 Å². The van der Waals surface area contributed by atoms with Crippen molar-refractivity contribution in [2.45, 2.75) is 83.3 Å². The van der Waals surface area contributed by atoms with Gasteiger partial charge in [-0.1, -0.05) is 13.8 Å². The van der Waals surface area contributed by atoms with Gasteiger partial charge in [-0.3, -0.25) is 29.0 Å². The molecule has 1 unspecified atom stereocenters. The molecule has 1 aromatic heterocycles. The lowest BCUT2D eigenvalue weighted by molar-refractivity contribution is -0.152. The van der Waals surface area contributed by atoms with Gasteiger partial charge < -0.3 is 20.5 Å². The van der Waals surface area contributed by atoms with Gasteiger partial charge in [-0.25, -0.2) is 9.59 Å². The number of nitrogens with two attached hydrogens (primary N) is 1. The molecule has 1 atom stereocenters. The van der Waals surface area contributed by atoms with Crippen molar-refractivity contribution < 1.29 is 19.4 Å². The number of ether oxygens (including phenoxy) is 1. The fourth-order valence-corrected chi connectivity index (χ4v) is 8.00. The Balaban J connectivity index is 1.24. The van der Waals surface area contributed by atoms with E-state index >= 15 is 0 Å². The van der Waals surface area contributed by atoms with Crippen molar-refractivity contribution in [1.82, 2.24) is 18.9 Å². The number of aromatic hydroxyl groups is 1. The summed E-state index contributed by atoms with van der Waals surface area (Å²) >= 11 is 0. The van der Waals surface area contributed by atoms with Crippen molar-refractivity contribution in [2.75, 3.05) is 26.8 Å². The molecule has 0 radical (unpaired) electrons. The molecule has 1 aromatic rings. The second-order valence-corrected chi connectivity index (χ2v) is 13.7. The molecule has 2 saturated heterocycles. The molecule has 2 spiro atoms. The van der Waals surface area contributed by atoms with E-state index in [-0.39, 0.29) is 46.7 Å². The summed E-state index contributed by atoms with van der Waals surface area (Å²) in [6.45, 7) is 6.23. The fourth-order valence-electron chi connectivity index (χ4n) is 8.00. The van der Waals surface area contributed by atoms with Crippen LogP contribution in [0.2, 0.25) is 0 Å². The number of amidine groups is 1. The Kier molecular flexibility index (Phi) is 6.03. The van der Waals surface area contributed by atoms with Crippen LogP contribution in [0.25, 0.3) is 0 Å². The second kappa shape index (κ2) is 8.92. The second-order valence-electron chi connectivity index (χ2n) is 13.7. The maximum absolute atomic E-state index is 13.7. The molecule has 3 amide bonds. The fraction of sp³-hybridized carbons (Fsp3) is 0.750. The zero-order chi connectivity index (χ0) is 28.8. The van der Waals surface area contributed by atoms with Crippen molar-refractivity contribution in [3.8, 4) is 5.88 Å². The predicted octanol–water partition coefficient (Wildman–Crippen LogP) is 1.61. The molecule has 3 heterocycles. The van der Waals surface area contributed by atoms with Crippen molar-refractivity contribution in [2.24, 2.45) is 28.4 Å². The number of imide groups is 1. The van der Waals surface area contributed by atoms with Crippen LogP contribution >= 0.6 is 0 Å². The highest BCUT2D eigenvalue weighted by molar-refractivity contribution is 6.07. The molecule has 2 aliphatic heterocycles. The largest absolute Gasteiger partial charge is 0.494 e. The summed E-state index contributed by atoms with van der Waals surface area (Å²) in [7, 11) is 1.55. The minimum absolute atomic E-state index is 0.0211.